The SMILES string of the molecule is Cc1ccc(CCOc2ccc(F)c(C)c2)cc1. The van der Waals surface area contributed by atoms with Gasteiger partial charge in [-0.1, -0.05) is 29.8 Å². The Balaban J connectivity index is 1.88. The molecule has 0 saturated carbocycles. The molecule has 0 spiro atoms. The molecule has 94 valence electrons. The minimum Gasteiger partial charge on any atom is -0.493 e. The van der Waals surface area contributed by atoms with E-state index in [1.807, 2.05) is 0 Å². The van der Waals surface area contributed by atoms with Gasteiger partial charge in [0.1, 0.15) is 11.6 Å². The summed E-state index contributed by atoms with van der Waals surface area (Å²) in [4.78, 5) is 0. The van der Waals surface area contributed by atoms with Crippen LogP contribution >= 0.6 is 0 Å². The lowest BCUT2D eigenvalue weighted by molar-refractivity contribution is 0.321. The van der Waals surface area contributed by atoms with Gasteiger partial charge < -0.3 is 4.74 Å². The fourth-order valence-corrected chi connectivity index (χ4v) is 1.75. The molecule has 0 saturated heterocycles. The van der Waals surface area contributed by atoms with Crippen LogP contribution in [0.25, 0.3) is 0 Å². The van der Waals surface area contributed by atoms with Gasteiger partial charge in [0.2, 0.25) is 0 Å². The van der Waals surface area contributed by atoms with Crippen molar-refractivity contribution < 1.29 is 9.13 Å². The van der Waals surface area contributed by atoms with Crippen LogP contribution in [0.3, 0.4) is 0 Å². The first-order valence-electron chi connectivity index (χ1n) is 6.09. The molecular formula is C16H17FO. The molecule has 2 heteroatoms. The smallest absolute Gasteiger partial charge is 0.126 e. The molecule has 2 aromatic rings. The standard InChI is InChI=1S/C16H17FO/c1-12-3-5-14(6-4-12)9-10-18-15-7-8-16(17)13(2)11-15/h3-8,11H,9-10H2,1-2H3. The zero-order chi connectivity index (χ0) is 13.0. The normalized spacial score (nSPS) is 10.4. The second-order valence-electron chi connectivity index (χ2n) is 4.50. The summed E-state index contributed by atoms with van der Waals surface area (Å²) in [5, 5.41) is 0. The monoisotopic (exact) mass is 244 g/mol. The van der Waals surface area contributed by atoms with Crippen molar-refractivity contribution in [3.8, 4) is 5.75 Å². The maximum atomic E-state index is 13.1. The van der Waals surface area contributed by atoms with E-state index in [9.17, 15) is 4.39 Å². The molecule has 0 fully saturated rings. The molecule has 0 aromatic heterocycles. The first kappa shape index (κ1) is 12.6. The van der Waals surface area contributed by atoms with Gasteiger partial charge in [-0.3, -0.25) is 0 Å². The van der Waals surface area contributed by atoms with Crippen LogP contribution < -0.4 is 4.74 Å². The summed E-state index contributed by atoms with van der Waals surface area (Å²) in [5.41, 5.74) is 3.12. The Bertz CT molecular complexity index is 517. The second-order valence-corrected chi connectivity index (χ2v) is 4.50. The van der Waals surface area contributed by atoms with Crippen LogP contribution in [-0.2, 0) is 6.42 Å². The predicted octanol–water partition coefficient (Wildman–Crippen LogP) is 4.06. The van der Waals surface area contributed by atoms with E-state index in [2.05, 4.69) is 31.2 Å². The molecule has 0 aliphatic rings. The van der Waals surface area contributed by atoms with E-state index in [1.54, 1.807) is 19.1 Å². The molecule has 0 radical (unpaired) electrons. The third-order valence-electron chi connectivity index (χ3n) is 2.91. The van der Waals surface area contributed by atoms with Crippen molar-refractivity contribution in [3.05, 3.63) is 65.0 Å². The lowest BCUT2D eigenvalue weighted by Gasteiger charge is -2.07. The number of hydrogen-bond acceptors (Lipinski definition) is 1. The first-order chi connectivity index (χ1) is 8.65. The van der Waals surface area contributed by atoms with Gasteiger partial charge in [-0.2, -0.15) is 0 Å². The highest BCUT2D eigenvalue weighted by molar-refractivity contribution is 5.29. The number of aryl methyl sites for hydroxylation is 2. The first-order valence-corrected chi connectivity index (χ1v) is 6.09. The van der Waals surface area contributed by atoms with Gasteiger partial charge in [0.05, 0.1) is 6.61 Å². The second kappa shape index (κ2) is 5.67. The third-order valence-corrected chi connectivity index (χ3v) is 2.91. The highest BCUT2D eigenvalue weighted by Crippen LogP contribution is 2.16. The van der Waals surface area contributed by atoms with E-state index in [-0.39, 0.29) is 5.82 Å². The Morgan fingerprint density at radius 1 is 1.00 bits per heavy atom. The minimum atomic E-state index is -0.194. The van der Waals surface area contributed by atoms with Crippen molar-refractivity contribution in [3.63, 3.8) is 0 Å². The van der Waals surface area contributed by atoms with E-state index in [4.69, 9.17) is 4.74 Å². The van der Waals surface area contributed by atoms with E-state index >= 15 is 0 Å². The van der Waals surface area contributed by atoms with Crippen LogP contribution in [0.4, 0.5) is 4.39 Å². The minimum absolute atomic E-state index is 0.194. The van der Waals surface area contributed by atoms with Gasteiger partial charge in [-0.05, 0) is 43.2 Å². The molecule has 0 N–H and O–H groups in total. The zero-order valence-electron chi connectivity index (χ0n) is 10.7. The molecule has 0 aliphatic carbocycles. The molecule has 2 aromatic carbocycles. The number of halogens is 1. The Morgan fingerprint density at radius 2 is 1.72 bits per heavy atom. The maximum absolute atomic E-state index is 13.1. The van der Waals surface area contributed by atoms with Gasteiger partial charge in [0.15, 0.2) is 0 Å². The highest BCUT2D eigenvalue weighted by atomic mass is 19.1. The summed E-state index contributed by atoms with van der Waals surface area (Å²) in [6.45, 7) is 4.41. The largest absolute Gasteiger partial charge is 0.493 e. The molecule has 1 nitrogen and oxygen atoms in total. The molecule has 0 bridgehead atoms. The average Bonchev–Trinajstić information content (AvgIpc) is 2.36. The van der Waals surface area contributed by atoms with Gasteiger partial charge in [0.25, 0.3) is 0 Å². The van der Waals surface area contributed by atoms with Crippen LogP contribution in [-0.4, -0.2) is 6.61 Å². The molecule has 0 aliphatic heterocycles. The summed E-state index contributed by atoms with van der Waals surface area (Å²) in [5.74, 6) is 0.530. The van der Waals surface area contributed by atoms with Crippen LogP contribution in [0.5, 0.6) is 5.75 Å². The number of ether oxygens (including phenoxy) is 1. The van der Waals surface area contributed by atoms with E-state index in [0.717, 1.165) is 12.2 Å². The molecular weight excluding hydrogens is 227 g/mol. The third kappa shape index (κ3) is 3.33. The van der Waals surface area contributed by atoms with Gasteiger partial charge in [0, 0.05) is 6.42 Å². The number of hydrogen-bond donors (Lipinski definition) is 0. The van der Waals surface area contributed by atoms with Crippen LogP contribution in [0, 0.1) is 19.7 Å². The topological polar surface area (TPSA) is 9.23 Å². The lowest BCUT2D eigenvalue weighted by Crippen LogP contribution is -2.01. The summed E-state index contributed by atoms with van der Waals surface area (Å²) in [7, 11) is 0. The summed E-state index contributed by atoms with van der Waals surface area (Å²) < 4.78 is 18.7. The Morgan fingerprint density at radius 3 is 2.39 bits per heavy atom. The van der Waals surface area contributed by atoms with Crippen molar-refractivity contribution in [2.45, 2.75) is 20.3 Å². The summed E-state index contributed by atoms with van der Waals surface area (Å²) in [6.07, 6.45) is 0.858. The zero-order valence-corrected chi connectivity index (χ0v) is 10.7. The van der Waals surface area contributed by atoms with Gasteiger partial charge in [-0.25, -0.2) is 4.39 Å². The highest BCUT2D eigenvalue weighted by Gasteiger charge is 2.00. The van der Waals surface area contributed by atoms with Crippen molar-refractivity contribution in [2.24, 2.45) is 0 Å². The molecule has 18 heavy (non-hydrogen) atoms. The van der Waals surface area contributed by atoms with E-state index in [1.165, 1.54) is 17.2 Å². The summed E-state index contributed by atoms with van der Waals surface area (Å²) in [6, 6.07) is 13.2. The molecule has 0 unspecified atom stereocenters. The molecule has 0 atom stereocenters. The van der Waals surface area contributed by atoms with Crippen molar-refractivity contribution in [1.82, 2.24) is 0 Å². The van der Waals surface area contributed by atoms with Gasteiger partial charge >= 0.3 is 0 Å². The maximum Gasteiger partial charge on any atom is 0.126 e. The van der Waals surface area contributed by atoms with Crippen molar-refractivity contribution in [2.75, 3.05) is 6.61 Å². The van der Waals surface area contributed by atoms with Crippen molar-refractivity contribution in [1.29, 1.82) is 0 Å². The van der Waals surface area contributed by atoms with Crippen LogP contribution in [0.15, 0.2) is 42.5 Å². The summed E-state index contributed by atoms with van der Waals surface area (Å²) >= 11 is 0. The average molecular weight is 244 g/mol. The quantitative estimate of drug-likeness (QED) is 0.788. The van der Waals surface area contributed by atoms with E-state index < -0.39 is 0 Å². The predicted molar refractivity (Wildman–Crippen MR) is 71.5 cm³/mol. The van der Waals surface area contributed by atoms with E-state index in [0.29, 0.717) is 12.2 Å². The van der Waals surface area contributed by atoms with Gasteiger partial charge in [-0.15, -0.1) is 0 Å². The van der Waals surface area contributed by atoms with Crippen LogP contribution in [0.1, 0.15) is 16.7 Å². The Hall–Kier alpha value is -1.83. The molecule has 2 rings (SSSR count). The fraction of sp³-hybridized carbons (Fsp3) is 0.250. The fourth-order valence-electron chi connectivity index (χ4n) is 1.75. The lowest BCUT2D eigenvalue weighted by atomic mass is 10.1. The molecule has 0 heterocycles. The number of rotatable bonds is 4. The Kier molecular flexibility index (Phi) is 3.98. The Labute approximate surface area is 107 Å². The van der Waals surface area contributed by atoms with Crippen LogP contribution in [0.2, 0.25) is 0 Å². The van der Waals surface area contributed by atoms with Crippen molar-refractivity contribution >= 4 is 0 Å². The number of benzene rings is 2. The molecule has 0 amide bonds.